The predicted octanol–water partition coefficient (Wildman–Crippen LogP) is 3.74. The third-order valence-electron chi connectivity index (χ3n) is 1.85. The number of benzene rings is 1. The molecule has 0 aliphatic rings. The Morgan fingerprint density at radius 2 is 1.88 bits per heavy atom. The predicted molar refractivity (Wildman–Crippen MR) is 64.9 cm³/mol. The largest absolute Gasteiger partial charge is 0.324 e. The minimum absolute atomic E-state index is 0.271. The van der Waals surface area contributed by atoms with Crippen LogP contribution >= 0.6 is 34.8 Å². The fraction of sp³-hybridized carbons (Fsp3) is 0.200. The van der Waals surface area contributed by atoms with Crippen molar-refractivity contribution in [3.05, 3.63) is 27.2 Å². The second-order valence-electron chi connectivity index (χ2n) is 3.09. The number of anilines is 1. The van der Waals surface area contributed by atoms with Crippen molar-refractivity contribution in [2.24, 2.45) is 5.92 Å². The zero-order valence-corrected chi connectivity index (χ0v) is 10.5. The van der Waals surface area contributed by atoms with Gasteiger partial charge in [0.25, 0.3) is 0 Å². The summed E-state index contributed by atoms with van der Waals surface area (Å²) in [4.78, 5) is 11.4. The van der Waals surface area contributed by atoms with Crippen LogP contribution in [0.4, 0.5) is 5.69 Å². The molecule has 0 bridgehead atoms. The maximum Gasteiger partial charge on any atom is 0.241 e. The van der Waals surface area contributed by atoms with E-state index in [1.807, 2.05) is 6.07 Å². The highest BCUT2D eigenvalue weighted by atomic mass is 35.5. The zero-order valence-electron chi connectivity index (χ0n) is 8.22. The van der Waals surface area contributed by atoms with E-state index < -0.39 is 11.8 Å². The van der Waals surface area contributed by atoms with E-state index in [1.54, 1.807) is 0 Å². The summed E-state index contributed by atoms with van der Waals surface area (Å²) < 4.78 is 0. The molecule has 1 N–H and O–H groups in total. The molecular formula is C10H7Cl3N2O. The Morgan fingerprint density at radius 1 is 1.31 bits per heavy atom. The number of hydrogen-bond donors (Lipinski definition) is 1. The third kappa shape index (κ3) is 3.02. The molecule has 0 fully saturated rings. The van der Waals surface area contributed by atoms with E-state index in [-0.39, 0.29) is 10.0 Å². The molecule has 84 valence electrons. The lowest BCUT2D eigenvalue weighted by Crippen LogP contribution is -2.19. The van der Waals surface area contributed by atoms with Gasteiger partial charge in [0.1, 0.15) is 5.92 Å². The molecule has 0 saturated heterocycles. The van der Waals surface area contributed by atoms with Crippen LogP contribution in [0.25, 0.3) is 0 Å². The number of carbonyl (C=O) groups is 1. The SMILES string of the molecule is CC(C#N)C(=O)Nc1cc(Cl)c(Cl)cc1Cl. The Morgan fingerprint density at radius 3 is 2.44 bits per heavy atom. The lowest BCUT2D eigenvalue weighted by atomic mass is 10.2. The van der Waals surface area contributed by atoms with Gasteiger partial charge in [0, 0.05) is 0 Å². The lowest BCUT2D eigenvalue weighted by molar-refractivity contribution is -0.117. The molecule has 0 aliphatic carbocycles. The van der Waals surface area contributed by atoms with Crippen LogP contribution < -0.4 is 5.32 Å². The van der Waals surface area contributed by atoms with Gasteiger partial charge >= 0.3 is 0 Å². The summed E-state index contributed by atoms with van der Waals surface area (Å²) in [6.45, 7) is 1.49. The number of hydrogen-bond acceptors (Lipinski definition) is 2. The second kappa shape index (κ2) is 5.40. The van der Waals surface area contributed by atoms with Crippen molar-refractivity contribution in [2.75, 3.05) is 5.32 Å². The summed E-state index contributed by atoms with van der Waals surface area (Å²) >= 11 is 17.4. The maximum absolute atomic E-state index is 11.4. The Bertz CT molecular complexity index is 468. The first-order valence-corrected chi connectivity index (χ1v) is 5.44. The van der Waals surface area contributed by atoms with Gasteiger partial charge in [-0.3, -0.25) is 4.79 Å². The summed E-state index contributed by atoms with van der Waals surface area (Å²) in [5.74, 6) is -1.20. The monoisotopic (exact) mass is 276 g/mol. The van der Waals surface area contributed by atoms with E-state index in [0.717, 1.165) is 0 Å². The van der Waals surface area contributed by atoms with Crippen molar-refractivity contribution in [1.82, 2.24) is 0 Å². The molecule has 1 aromatic carbocycles. The van der Waals surface area contributed by atoms with Gasteiger partial charge in [-0.2, -0.15) is 5.26 Å². The van der Waals surface area contributed by atoms with Crippen LogP contribution in [0.15, 0.2) is 12.1 Å². The van der Waals surface area contributed by atoms with Crippen LogP contribution in [0, 0.1) is 17.2 Å². The molecule has 1 rings (SSSR count). The quantitative estimate of drug-likeness (QED) is 0.837. The number of amides is 1. The Kier molecular flexibility index (Phi) is 4.43. The molecule has 16 heavy (non-hydrogen) atoms. The molecule has 0 aromatic heterocycles. The molecule has 1 aromatic rings. The molecule has 1 amide bonds. The van der Waals surface area contributed by atoms with Crippen LogP contribution in [0.3, 0.4) is 0 Å². The summed E-state index contributed by atoms with van der Waals surface area (Å²) in [5.41, 5.74) is 0.336. The zero-order chi connectivity index (χ0) is 12.3. The molecule has 1 unspecified atom stereocenters. The highest BCUT2D eigenvalue weighted by Gasteiger charge is 2.14. The fourth-order valence-electron chi connectivity index (χ4n) is 0.918. The number of rotatable bonds is 2. The van der Waals surface area contributed by atoms with Crippen LogP contribution in [0.5, 0.6) is 0 Å². The van der Waals surface area contributed by atoms with E-state index in [2.05, 4.69) is 5.32 Å². The summed E-state index contributed by atoms with van der Waals surface area (Å²) in [6.07, 6.45) is 0. The van der Waals surface area contributed by atoms with Gasteiger partial charge in [-0.1, -0.05) is 34.8 Å². The molecule has 0 saturated carbocycles. The molecule has 0 spiro atoms. The van der Waals surface area contributed by atoms with Crippen molar-refractivity contribution in [2.45, 2.75) is 6.92 Å². The Labute approximate surface area is 108 Å². The number of halogens is 3. The molecule has 0 heterocycles. The fourth-order valence-corrected chi connectivity index (χ4v) is 1.51. The van der Waals surface area contributed by atoms with Gasteiger partial charge in [-0.15, -0.1) is 0 Å². The second-order valence-corrected chi connectivity index (χ2v) is 4.31. The van der Waals surface area contributed by atoms with Gasteiger partial charge in [0.15, 0.2) is 0 Å². The maximum atomic E-state index is 11.4. The Balaban J connectivity index is 2.95. The van der Waals surface area contributed by atoms with Crippen molar-refractivity contribution in [1.29, 1.82) is 5.26 Å². The van der Waals surface area contributed by atoms with Crippen LogP contribution in [0.1, 0.15) is 6.92 Å². The van der Waals surface area contributed by atoms with E-state index in [1.165, 1.54) is 19.1 Å². The molecule has 0 aliphatic heterocycles. The highest BCUT2D eigenvalue weighted by molar-refractivity contribution is 6.44. The van der Waals surface area contributed by atoms with Gasteiger partial charge < -0.3 is 5.32 Å². The van der Waals surface area contributed by atoms with Gasteiger partial charge in [0.05, 0.1) is 26.8 Å². The van der Waals surface area contributed by atoms with Crippen molar-refractivity contribution >= 4 is 46.4 Å². The van der Waals surface area contributed by atoms with Crippen molar-refractivity contribution < 1.29 is 4.79 Å². The van der Waals surface area contributed by atoms with Crippen molar-refractivity contribution in [3.63, 3.8) is 0 Å². The van der Waals surface area contributed by atoms with E-state index in [4.69, 9.17) is 40.1 Å². The average Bonchev–Trinajstić information content (AvgIpc) is 2.24. The molecule has 0 radical (unpaired) electrons. The van der Waals surface area contributed by atoms with E-state index >= 15 is 0 Å². The minimum Gasteiger partial charge on any atom is -0.324 e. The first kappa shape index (κ1) is 13.1. The van der Waals surface area contributed by atoms with Crippen LogP contribution in [-0.4, -0.2) is 5.91 Å². The van der Waals surface area contributed by atoms with Gasteiger partial charge in [-0.25, -0.2) is 0 Å². The topological polar surface area (TPSA) is 52.9 Å². The number of nitriles is 1. The molecule has 3 nitrogen and oxygen atoms in total. The van der Waals surface area contributed by atoms with Gasteiger partial charge in [-0.05, 0) is 19.1 Å². The minimum atomic E-state index is -0.759. The van der Waals surface area contributed by atoms with E-state index in [0.29, 0.717) is 10.7 Å². The van der Waals surface area contributed by atoms with Crippen molar-refractivity contribution in [3.8, 4) is 6.07 Å². The number of carbonyl (C=O) groups excluding carboxylic acids is 1. The first-order valence-electron chi connectivity index (χ1n) is 4.30. The molecule has 6 heteroatoms. The Hall–Kier alpha value is -0.950. The van der Waals surface area contributed by atoms with Gasteiger partial charge in [0.2, 0.25) is 5.91 Å². The molecular weight excluding hydrogens is 270 g/mol. The standard InChI is InChI=1S/C10H7Cl3N2O/c1-5(4-14)10(16)15-9-3-7(12)6(11)2-8(9)13/h2-3,5H,1H3,(H,15,16). The summed E-state index contributed by atoms with van der Waals surface area (Å²) in [6, 6.07) is 4.68. The third-order valence-corrected chi connectivity index (χ3v) is 2.89. The van der Waals surface area contributed by atoms with E-state index in [9.17, 15) is 4.79 Å². The average molecular weight is 278 g/mol. The normalized spacial score (nSPS) is 11.7. The van der Waals surface area contributed by atoms with Crippen LogP contribution in [-0.2, 0) is 4.79 Å². The summed E-state index contributed by atoms with van der Waals surface area (Å²) in [5, 5.41) is 11.9. The molecule has 1 atom stereocenters. The lowest BCUT2D eigenvalue weighted by Gasteiger charge is -2.09. The number of nitrogens with zero attached hydrogens (tertiary/aromatic N) is 1. The van der Waals surface area contributed by atoms with Crippen LogP contribution in [0.2, 0.25) is 15.1 Å². The highest BCUT2D eigenvalue weighted by Crippen LogP contribution is 2.32. The summed E-state index contributed by atoms with van der Waals surface area (Å²) in [7, 11) is 0. The first-order chi connectivity index (χ1) is 7.45. The number of nitrogens with one attached hydrogen (secondary N) is 1. The smallest absolute Gasteiger partial charge is 0.241 e.